The van der Waals surface area contributed by atoms with Crippen LogP contribution in [0.2, 0.25) is 0 Å². The molecule has 122 valence electrons. The van der Waals surface area contributed by atoms with Crippen molar-refractivity contribution in [3.05, 3.63) is 30.1 Å². The Kier molecular flexibility index (Phi) is 7.31. The Morgan fingerprint density at radius 1 is 1.18 bits per heavy atom. The summed E-state index contributed by atoms with van der Waals surface area (Å²) in [5.74, 6) is -0.191. The standard InChI is InChI=1S/C15H23N3O4/c1-15(2,3)22-14(20)18-8-10-21-9-7-17-13(19)12-5-4-6-16-11-12/h4-6,11H,7-10H2,1-3H3,(H,17,19)(H,18,20). The second-order valence-electron chi connectivity index (χ2n) is 5.54. The monoisotopic (exact) mass is 309 g/mol. The van der Waals surface area contributed by atoms with Crippen molar-refractivity contribution in [1.82, 2.24) is 15.6 Å². The van der Waals surface area contributed by atoms with E-state index in [0.717, 1.165) is 0 Å². The van der Waals surface area contributed by atoms with Crippen molar-refractivity contribution in [2.45, 2.75) is 26.4 Å². The van der Waals surface area contributed by atoms with Crippen LogP contribution in [0.4, 0.5) is 4.79 Å². The number of pyridine rings is 1. The van der Waals surface area contributed by atoms with E-state index in [1.165, 1.54) is 6.20 Å². The van der Waals surface area contributed by atoms with Crippen LogP contribution in [-0.2, 0) is 9.47 Å². The highest BCUT2D eigenvalue weighted by molar-refractivity contribution is 5.93. The molecule has 0 fully saturated rings. The van der Waals surface area contributed by atoms with E-state index in [1.54, 1.807) is 39.1 Å². The summed E-state index contributed by atoms with van der Waals surface area (Å²) < 4.78 is 10.4. The molecule has 0 bridgehead atoms. The smallest absolute Gasteiger partial charge is 0.407 e. The maximum Gasteiger partial charge on any atom is 0.407 e. The molecule has 0 aliphatic carbocycles. The molecule has 0 radical (unpaired) electrons. The zero-order chi connectivity index (χ0) is 16.4. The Bertz CT molecular complexity index is 471. The van der Waals surface area contributed by atoms with Gasteiger partial charge in [-0.05, 0) is 32.9 Å². The highest BCUT2D eigenvalue weighted by atomic mass is 16.6. The van der Waals surface area contributed by atoms with Crippen LogP contribution in [0.5, 0.6) is 0 Å². The lowest BCUT2D eigenvalue weighted by Crippen LogP contribution is -2.34. The van der Waals surface area contributed by atoms with Crippen LogP contribution < -0.4 is 10.6 Å². The molecular weight excluding hydrogens is 286 g/mol. The maximum atomic E-state index is 11.7. The van der Waals surface area contributed by atoms with Gasteiger partial charge in [0.1, 0.15) is 5.60 Å². The van der Waals surface area contributed by atoms with Gasteiger partial charge in [0.05, 0.1) is 18.8 Å². The average Bonchev–Trinajstić information content (AvgIpc) is 2.45. The minimum absolute atomic E-state index is 0.191. The van der Waals surface area contributed by atoms with Crippen molar-refractivity contribution in [2.75, 3.05) is 26.3 Å². The summed E-state index contributed by atoms with van der Waals surface area (Å²) in [5.41, 5.74) is -0.00396. The van der Waals surface area contributed by atoms with Gasteiger partial charge in [0.15, 0.2) is 0 Å². The summed E-state index contributed by atoms with van der Waals surface area (Å²) in [6.07, 6.45) is 2.64. The van der Waals surface area contributed by atoms with Gasteiger partial charge in [0, 0.05) is 25.5 Å². The summed E-state index contributed by atoms with van der Waals surface area (Å²) in [7, 11) is 0. The SMILES string of the molecule is CC(C)(C)OC(=O)NCCOCCNC(=O)c1cccnc1. The number of aromatic nitrogens is 1. The molecule has 0 aromatic carbocycles. The Balaban J connectivity index is 2.02. The van der Waals surface area contributed by atoms with Crippen LogP contribution in [0.15, 0.2) is 24.5 Å². The van der Waals surface area contributed by atoms with Crippen LogP contribution in [0, 0.1) is 0 Å². The zero-order valence-corrected chi connectivity index (χ0v) is 13.2. The van der Waals surface area contributed by atoms with E-state index in [4.69, 9.17) is 9.47 Å². The molecule has 22 heavy (non-hydrogen) atoms. The molecule has 0 atom stereocenters. The van der Waals surface area contributed by atoms with E-state index in [0.29, 0.717) is 31.9 Å². The van der Waals surface area contributed by atoms with Crippen LogP contribution in [0.25, 0.3) is 0 Å². The molecule has 0 spiro atoms. The Morgan fingerprint density at radius 3 is 2.45 bits per heavy atom. The van der Waals surface area contributed by atoms with Crippen molar-refractivity contribution >= 4 is 12.0 Å². The quantitative estimate of drug-likeness (QED) is 0.742. The second-order valence-corrected chi connectivity index (χ2v) is 5.54. The van der Waals surface area contributed by atoms with E-state index in [2.05, 4.69) is 15.6 Å². The second kappa shape index (κ2) is 8.99. The molecule has 1 aromatic rings. The number of nitrogens with one attached hydrogen (secondary N) is 2. The van der Waals surface area contributed by atoms with Crippen molar-refractivity contribution in [2.24, 2.45) is 0 Å². The van der Waals surface area contributed by atoms with Crippen molar-refractivity contribution in [3.8, 4) is 0 Å². The molecule has 0 aliphatic heterocycles. The summed E-state index contributed by atoms with van der Waals surface area (Å²) in [6, 6.07) is 3.39. The van der Waals surface area contributed by atoms with Gasteiger partial charge in [-0.1, -0.05) is 0 Å². The van der Waals surface area contributed by atoms with Gasteiger partial charge in [0.25, 0.3) is 5.91 Å². The minimum atomic E-state index is -0.512. The number of nitrogens with zero attached hydrogens (tertiary/aromatic N) is 1. The number of carbonyl (C=O) groups excluding carboxylic acids is 2. The number of hydrogen-bond donors (Lipinski definition) is 2. The van der Waals surface area contributed by atoms with E-state index >= 15 is 0 Å². The van der Waals surface area contributed by atoms with Crippen molar-refractivity contribution in [3.63, 3.8) is 0 Å². The molecule has 0 unspecified atom stereocenters. The number of carbonyl (C=O) groups is 2. The van der Waals surface area contributed by atoms with Crippen molar-refractivity contribution in [1.29, 1.82) is 0 Å². The number of hydrogen-bond acceptors (Lipinski definition) is 5. The number of rotatable bonds is 7. The first kappa shape index (κ1) is 17.9. The van der Waals surface area contributed by atoms with Gasteiger partial charge in [-0.15, -0.1) is 0 Å². The number of alkyl carbamates (subject to hydrolysis) is 1. The molecule has 0 saturated heterocycles. The lowest BCUT2D eigenvalue weighted by Gasteiger charge is -2.19. The molecule has 7 heteroatoms. The van der Waals surface area contributed by atoms with Crippen LogP contribution in [0.1, 0.15) is 31.1 Å². The Hall–Kier alpha value is -2.15. The topological polar surface area (TPSA) is 89.5 Å². The largest absolute Gasteiger partial charge is 0.444 e. The van der Waals surface area contributed by atoms with Gasteiger partial charge in [0.2, 0.25) is 0 Å². The fourth-order valence-corrected chi connectivity index (χ4v) is 1.48. The summed E-state index contributed by atoms with van der Waals surface area (Å²) in [4.78, 5) is 26.9. The van der Waals surface area contributed by atoms with E-state index in [-0.39, 0.29) is 5.91 Å². The van der Waals surface area contributed by atoms with Gasteiger partial charge < -0.3 is 20.1 Å². The zero-order valence-electron chi connectivity index (χ0n) is 13.2. The minimum Gasteiger partial charge on any atom is -0.444 e. The molecule has 2 N–H and O–H groups in total. The van der Waals surface area contributed by atoms with Crippen LogP contribution >= 0.6 is 0 Å². The molecular formula is C15H23N3O4. The molecule has 0 aliphatic rings. The van der Waals surface area contributed by atoms with Gasteiger partial charge in [-0.2, -0.15) is 0 Å². The highest BCUT2D eigenvalue weighted by Gasteiger charge is 2.15. The third-order valence-corrected chi connectivity index (χ3v) is 2.37. The lowest BCUT2D eigenvalue weighted by atomic mass is 10.2. The molecule has 7 nitrogen and oxygen atoms in total. The van der Waals surface area contributed by atoms with E-state index in [1.807, 2.05) is 0 Å². The third kappa shape index (κ3) is 8.21. The maximum absolute atomic E-state index is 11.7. The fraction of sp³-hybridized carbons (Fsp3) is 0.533. The molecule has 1 aromatic heterocycles. The van der Waals surface area contributed by atoms with E-state index in [9.17, 15) is 9.59 Å². The first-order chi connectivity index (χ1) is 10.4. The number of ether oxygens (including phenoxy) is 2. The molecule has 0 saturated carbocycles. The van der Waals surface area contributed by atoms with Crippen LogP contribution in [-0.4, -0.2) is 48.9 Å². The van der Waals surface area contributed by atoms with Crippen molar-refractivity contribution < 1.29 is 19.1 Å². The molecule has 1 rings (SSSR count). The third-order valence-electron chi connectivity index (χ3n) is 2.37. The Labute approximate surface area is 130 Å². The number of amides is 2. The van der Waals surface area contributed by atoms with E-state index < -0.39 is 11.7 Å². The fourth-order valence-electron chi connectivity index (χ4n) is 1.48. The molecule has 2 amide bonds. The van der Waals surface area contributed by atoms with Gasteiger partial charge in [-0.25, -0.2) is 4.79 Å². The summed E-state index contributed by atoms with van der Waals surface area (Å²) >= 11 is 0. The predicted octanol–water partition coefficient (Wildman–Crippen LogP) is 1.35. The average molecular weight is 309 g/mol. The first-order valence-electron chi connectivity index (χ1n) is 7.11. The summed E-state index contributed by atoms with van der Waals surface area (Å²) in [5, 5.41) is 5.30. The predicted molar refractivity (Wildman–Crippen MR) is 81.6 cm³/mol. The first-order valence-corrected chi connectivity index (χ1v) is 7.11. The summed E-state index contributed by atoms with van der Waals surface area (Å²) in [6.45, 7) is 6.85. The lowest BCUT2D eigenvalue weighted by molar-refractivity contribution is 0.0500. The highest BCUT2D eigenvalue weighted by Crippen LogP contribution is 2.05. The molecule has 1 heterocycles. The van der Waals surface area contributed by atoms with Crippen LogP contribution in [0.3, 0.4) is 0 Å². The Morgan fingerprint density at radius 2 is 1.86 bits per heavy atom. The normalized spacial score (nSPS) is 10.9. The van der Waals surface area contributed by atoms with Gasteiger partial charge >= 0.3 is 6.09 Å². The van der Waals surface area contributed by atoms with Gasteiger partial charge in [-0.3, -0.25) is 9.78 Å².